The first kappa shape index (κ1) is 12.9. The van der Waals surface area contributed by atoms with E-state index in [0.29, 0.717) is 15.9 Å². The molecule has 18 heavy (non-hydrogen) atoms. The largest absolute Gasteiger partial charge is 0.372 e. The zero-order chi connectivity index (χ0) is 13.1. The van der Waals surface area contributed by atoms with Gasteiger partial charge in [-0.2, -0.15) is 0 Å². The van der Waals surface area contributed by atoms with Crippen LogP contribution in [0.2, 0.25) is 0 Å². The Balaban J connectivity index is 2.28. The van der Waals surface area contributed by atoms with E-state index in [0.717, 1.165) is 11.4 Å². The minimum absolute atomic E-state index is 0.0532. The molecule has 2 rings (SSSR count). The van der Waals surface area contributed by atoms with E-state index in [4.69, 9.17) is 0 Å². The number of hydrogen-bond donors (Lipinski definition) is 1. The van der Waals surface area contributed by atoms with E-state index < -0.39 is 0 Å². The van der Waals surface area contributed by atoms with Crippen LogP contribution in [-0.2, 0) is 6.54 Å². The van der Waals surface area contributed by atoms with E-state index in [-0.39, 0.29) is 5.56 Å². The molecule has 0 saturated carbocycles. The van der Waals surface area contributed by atoms with Gasteiger partial charge in [-0.05, 0) is 29.5 Å². The molecule has 2 heterocycles. The van der Waals surface area contributed by atoms with Gasteiger partial charge in [0.2, 0.25) is 0 Å². The number of aromatic nitrogens is 4. The van der Waals surface area contributed by atoms with E-state index in [2.05, 4.69) is 20.3 Å². The van der Waals surface area contributed by atoms with Gasteiger partial charge in [0.1, 0.15) is 5.82 Å². The molecule has 94 valence electrons. The van der Waals surface area contributed by atoms with Gasteiger partial charge >= 0.3 is 0 Å². The van der Waals surface area contributed by atoms with Crippen molar-refractivity contribution < 1.29 is 0 Å². The molecule has 0 fully saturated rings. The predicted octanol–water partition coefficient (Wildman–Crippen LogP) is 1.04. The minimum atomic E-state index is -0.0532. The fraction of sp³-hybridized carbons (Fsp3) is 0.273. The van der Waals surface area contributed by atoms with Gasteiger partial charge in [-0.1, -0.05) is 0 Å². The molecule has 0 unspecified atom stereocenters. The van der Waals surface area contributed by atoms with Crippen molar-refractivity contribution in [3.8, 4) is 0 Å². The maximum absolute atomic E-state index is 12.0. The number of nitrogens with one attached hydrogen (secondary N) is 1. The first-order valence-electron chi connectivity index (χ1n) is 5.32. The van der Waals surface area contributed by atoms with Gasteiger partial charge in [-0.15, -0.1) is 0 Å². The molecule has 7 heteroatoms. The quantitative estimate of drug-likeness (QED) is 0.831. The van der Waals surface area contributed by atoms with Crippen molar-refractivity contribution in [1.82, 2.24) is 19.5 Å². The van der Waals surface area contributed by atoms with Crippen LogP contribution in [0, 0.1) is 10.5 Å². The molecule has 0 spiro atoms. The molecule has 0 saturated heterocycles. The monoisotopic (exact) mass is 357 g/mol. The highest BCUT2D eigenvalue weighted by atomic mass is 127. The highest BCUT2D eigenvalue weighted by Crippen LogP contribution is 2.04. The lowest BCUT2D eigenvalue weighted by Gasteiger charge is -2.06. The molecule has 6 nitrogen and oxygen atoms in total. The highest BCUT2D eigenvalue weighted by Gasteiger charge is 2.06. The molecule has 2 aromatic heterocycles. The molecule has 0 aliphatic heterocycles. The van der Waals surface area contributed by atoms with Crippen molar-refractivity contribution in [2.45, 2.75) is 13.5 Å². The molecule has 1 N–H and O–H groups in total. The maximum Gasteiger partial charge on any atom is 0.267 e. The van der Waals surface area contributed by atoms with E-state index >= 15 is 0 Å². The number of hydrogen-bond acceptors (Lipinski definition) is 5. The molecule has 0 radical (unpaired) electrons. The number of anilines is 1. The lowest BCUT2D eigenvalue weighted by Crippen LogP contribution is -2.25. The van der Waals surface area contributed by atoms with Crippen molar-refractivity contribution in [3.63, 3.8) is 0 Å². The molecule has 0 amide bonds. The Bertz CT molecular complexity index is 608. The summed E-state index contributed by atoms with van der Waals surface area (Å²) >= 11 is 2.01. The average Bonchev–Trinajstić information content (AvgIpc) is 2.40. The fourth-order valence-electron chi connectivity index (χ4n) is 1.40. The van der Waals surface area contributed by atoms with Gasteiger partial charge in [0.15, 0.2) is 0 Å². The maximum atomic E-state index is 12.0. The highest BCUT2D eigenvalue weighted by molar-refractivity contribution is 14.1. The molecule has 0 aliphatic rings. The van der Waals surface area contributed by atoms with Crippen molar-refractivity contribution in [2.75, 3.05) is 12.4 Å². The minimum Gasteiger partial charge on any atom is -0.372 e. The van der Waals surface area contributed by atoms with Gasteiger partial charge in [-0.25, -0.2) is 9.97 Å². The molecular formula is C11H12IN5O. The van der Waals surface area contributed by atoms with E-state index in [1.54, 1.807) is 19.4 Å². The van der Waals surface area contributed by atoms with Gasteiger partial charge in [0, 0.05) is 7.05 Å². The summed E-state index contributed by atoms with van der Waals surface area (Å²) in [5.41, 5.74) is 1.41. The Hall–Kier alpha value is -1.51. The topological polar surface area (TPSA) is 72.7 Å². The number of nitrogens with zero attached hydrogens (tertiary/aromatic N) is 4. The molecule has 0 aliphatic carbocycles. The second kappa shape index (κ2) is 5.42. The lowest BCUT2D eigenvalue weighted by molar-refractivity contribution is 0.705. The third-order valence-electron chi connectivity index (χ3n) is 2.45. The second-order valence-corrected chi connectivity index (χ2v) is 4.80. The summed E-state index contributed by atoms with van der Waals surface area (Å²) in [6.07, 6.45) is 4.81. The van der Waals surface area contributed by atoms with E-state index in [9.17, 15) is 4.79 Å². The molecular weight excluding hydrogens is 345 g/mol. The van der Waals surface area contributed by atoms with Crippen molar-refractivity contribution in [2.24, 2.45) is 0 Å². The van der Waals surface area contributed by atoms with Gasteiger partial charge in [0.05, 0.1) is 40.2 Å². The zero-order valence-corrected chi connectivity index (χ0v) is 12.2. The molecule has 0 atom stereocenters. The Morgan fingerprint density at radius 1 is 1.33 bits per heavy atom. The van der Waals surface area contributed by atoms with Crippen LogP contribution in [0.5, 0.6) is 0 Å². The van der Waals surface area contributed by atoms with Crippen LogP contribution in [0.4, 0.5) is 5.82 Å². The van der Waals surface area contributed by atoms with Crippen LogP contribution in [0.15, 0.2) is 23.5 Å². The molecule has 0 bridgehead atoms. The third kappa shape index (κ3) is 2.66. The van der Waals surface area contributed by atoms with Gasteiger partial charge in [-0.3, -0.25) is 14.3 Å². The van der Waals surface area contributed by atoms with Crippen molar-refractivity contribution >= 4 is 28.4 Å². The van der Waals surface area contributed by atoms with Crippen LogP contribution >= 0.6 is 22.6 Å². The third-order valence-corrected chi connectivity index (χ3v) is 3.69. The summed E-state index contributed by atoms with van der Waals surface area (Å²) in [4.78, 5) is 24.5. The fourth-order valence-corrected chi connectivity index (χ4v) is 1.85. The van der Waals surface area contributed by atoms with Gasteiger partial charge < -0.3 is 5.32 Å². The lowest BCUT2D eigenvalue weighted by atomic mass is 10.4. The van der Waals surface area contributed by atoms with Crippen LogP contribution in [0.1, 0.15) is 11.4 Å². The second-order valence-electron chi connectivity index (χ2n) is 3.72. The van der Waals surface area contributed by atoms with E-state index in [1.165, 1.54) is 10.9 Å². The normalized spacial score (nSPS) is 10.4. The average molecular weight is 357 g/mol. The summed E-state index contributed by atoms with van der Waals surface area (Å²) in [6, 6.07) is 0. The summed E-state index contributed by atoms with van der Waals surface area (Å²) in [6.45, 7) is 2.19. The van der Waals surface area contributed by atoms with Crippen LogP contribution < -0.4 is 10.9 Å². The molecule has 0 aromatic carbocycles. The number of rotatable bonds is 3. The van der Waals surface area contributed by atoms with Crippen LogP contribution in [0.25, 0.3) is 0 Å². The summed E-state index contributed by atoms with van der Waals surface area (Å²) in [5.74, 6) is 0.697. The Kier molecular flexibility index (Phi) is 3.90. The Morgan fingerprint density at radius 3 is 2.72 bits per heavy atom. The number of halogens is 1. The van der Waals surface area contributed by atoms with Gasteiger partial charge in [0.25, 0.3) is 5.56 Å². The molecule has 2 aromatic rings. The summed E-state index contributed by atoms with van der Waals surface area (Å²) in [5, 5.41) is 2.89. The number of aryl methyl sites for hydroxylation is 1. The predicted molar refractivity (Wildman–Crippen MR) is 76.6 cm³/mol. The summed E-state index contributed by atoms with van der Waals surface area (Å²) in [7, 11) is 1.78. The van der Waals surface area contributed by atoms with Crippen LogP contribution in [0.3, 0.4) is 0 Å². The first-order chi connectivity index (χ1) is 8.61. The Labute approximate surface area is 118 Å². The standard InChI is InChI=1S/C11H12IN5O/c1-7-10(12)11(18)17(6-16-7)5-8-3-15-9(13-2)4-14-8/h3-4,6H,5H2,1-2H3,(H,13,15). The Morgan fingerprint density at radius 2 is 2.11 bits per heavy atom. The van der Waals surface area contributed by atoms with Crippen molar-refractivity contribution in [3.05, 3.63) is 44.0 Å². The smallest absolute Gasteiger partial charge is 0.267 e. The summed E-state index contributed by atoms with van der Waals surface area (Å²) < 4.78 is 2.16. The SMILES string of the molecule is CNc1cnc(Cn2cnc(C)c(I)c2=O)cn1. The first-order valence-corrected chi connectivity index (χ1v) is 6.40. The zero-order valence-electron chi connectivity index (χ0n) is 10.0. The van der Waals surface area contributed by atoms with Crippen LogP contribution in [-0.4, -0.2) is 26.6 Å². The van der Waals surface area contributed by atoms with E-state index in [1.807, 2.05) is 29.5 Å². The van der Waals surface area contributed by atoms with Crippen molar-refractivity contribution in [1.29, 1.82) is 0 Å².